The van der Waals surface area contributed by atoms with Gasteiger partial charge in [0.25, 0.3) is 0 Å². The van der Waals surface area contributed by atoms with E-state index < -0.39 is 30.2 Å². The topological polar surface area (TPSA) is 106 Å². The highest BCUT2D eigenvalue weighted by Gasteiger charge is 2.35. The Balaban J connectivity index is 1.57. The maximum absolute atomic E-state index is 12.6. The van der Waals surface area contributed by atoms with E-state index in [0.29, 0.717) is 23.4 Å². The Morgan fingerprint density at radius 2 is 1.84 bits per heavy atom. The van der Waals surface area contributed by atoms with Crippen molar-refractivity contribution in [2.75, 3.05) is 19.8 Å². The first-order chi connectivity index (χ1) is 14.8. The van der Waals surface area contributed by atoms with E-state index in [1.807, 2.05) is 30.3 Å². The molecule has 3 rings (SSSR count). The molecule has 0 bridgehead atoms. The van der Waals surface area contributed by atoms with Crippen molar-refractivity contribution >= 4 is 23.6 Å². The van der Waals surface area contributed by atoms with Gasteiger partial charge < -0.3 is 19.4 Å². The second-order valence-electron chi connectivity index (χ2n) is 7.54. The molecule has 2 heterocycles. The fourth-order valence-corrected chi connectivity index (χ4v) is 3.75. The Kier molecular flexibility index (Phi) is 6.89. The number of carbonyl (C=O) groups is 4. The molecule has 0 saturated carbocycles. The molecule has 2 aromatic rings. The molecule has 8 nitrogen and oxygen atoms in total. The number of nitrogens with one attached hydrogen (secondary N) is 1. The van der Waals surface area contributed by atoms with Crippen LogP contribution < -0.4 is 0 Å². The highest BCUT2D eigenvalue weighted by Crippen LogP contribution is 2.23. The highest BCUT2D eigenvalue weighted by molar-refractivity contribution is 6.02. The van der Waals surface area contributed by atoms with E-state index in [9.17, 15) is 19.2 Å². The van der Waals surface area contributed by atoms with Gasteiger partial charge in [0.05, 0.1) is 23.8 Å². The van der Waals surface area contributed by atoms with Crippen LogP contribution in [0.5, 0.6) is 0 Å². The van der Waals surface area contributed by atoms with E-state index >= 15 is 0 Å². The summed E-state index contributed by atoms with van der Waals surface area (Å²) in [6.07, 6.45) is 0.0630. The number of carbonyl (C=O) groups excluding carboxylic acids is 4. The number of benzene rings is 1. The molecule has 31 heavy (non-hydrogen) atoms. The number of esters is 2. The van der Waals surface area contributed by atoms with Gasteiger partial charge in [-0.2, -0.15) is 0 Å². The van der Waals surface area contributed by atoms with Crippen LogP contribution in [0.1, 0.15) is 51.0 Å². The van der Waals surface area contributed by atoms with Crippen molar-refractivity contribution in [1.82, 2.24) is 9.88 Å². The SMILES string of the molecule is CCOC(=O)c1c(C)[nH]c(C(=O)COC(=O)[C@H]2CC(=O)N(Cc3ccccc3)C2)c1C. The largest absolute Gasteiger partial charge is 0.462 e. The van der Waals surface area contributed by atoms with Gasteiger partial charge in [-0.1, -0.05) is 30.3 Å². The van der Waals surface area contributed by atoms with Crippen LogP contribution in [-0.2, 0) is 25.6 Å². The smallest absolute Gasteiger partial charge is 0.340 e. The number of hydrogen-bond donors (Lipinski definition) is 1. The summed E-state index contributed by atoms with van der Waals surface area (Å²) in [5, 5.41) is 0. The van der Waals surface area contributed by atoms with Gasteiger partial charge in [0.1, 0.15) is 0 Å². The molecule has 164 valence electrons. The third-order valence-corrected chi connectivity index (χ3v) is 5.31. The molecule has 1 fully saturated rings. The second kappa shape index (κ2) is 9.59. The number of ketones is 1. The van der Waals surface area contributed by atoms with Crippen LogP contribution in [0.3, 0.4) is 0 Å². The summed E-state index contributed by atoms with van der Waals surface area (Å²) in [6, 6.07) is 9.52. The number of rotatable bonds is 8. The maximum Gasteiger partial charge on any atom is 0.340 e. The van der Waals surface area contributed by atoms with Crippen LogP contribution in [0.2, 0.25) is 0 Å². The number of aromatic nitrogens is 1. The highest BCUT2D eigenvalue weighted by atomic mass is 16.5. The van der Waals surface area contributed by atoms with Crippen LogP contribution in [0, 0.1) is 19.8 Å². The zero-order valence-electron chi connectivity index (χ0n) is 17.9. The summed E-state index contributed by atoms with van der Waals surface area (Å²) in [5.74, 6) is -2.26. The third kappa shape index (κ3) is 5.02. The monoisotopic (exact) mass is 426 g/mol. The predicted molar refractivity (Wildman–Crippen MR) is 111 cm³/mol. The molecule has 1 aromatic carbocycles. The minimum atomic E-state index is -0.606. The first kappa shape index (κ1) is 22.3. The number of amides is 1. The van der Waals surface area contributed by atoms with Crippen molar-refractivity contribution in [3.8, 4) is 0 Å². The van der Waals surface area contributed by atoms with Gasteiger partial charge in [-0.05, 0) is 31.9 Å². The van der Waals surface area contributed by atoms with Gasteiger partial charge in [0.15, 0.2) is 6.61 Å². The summed E-state index contributed by atoms with van der Waals surface area (Å²) in [7, 11) is 0. The number of Topliss-reactive ketones (excluding diaryl/α,β-unsaturated/α-hetero) is 1. The van der Waals surface area contributed by atoms with E-state index in [0.717, 1.165) is 5.56 Å². The van der Waals surface area contributed by atoms with Crippen LogP contribution in [0.15, 0.2) is 30.3 Å². The normalized spacial score (nSPS) is 15.8. The Labute approximate surface area is 180 Å². The minimum Gasteiger partial charge on any atom is -0.462 e. The van der Waals surface area contributed by atoms with Crippen molar-refractivity contribution in [2.24, 2.45) is 5.92 Å². The summed E-state index contributed by atoms with van der Waals surface area (Å²) >= 11 is 0. The number of aryl methyl sites for hydroxylation is 1. The average molecular weight is 426 g/mol. The van der Waals surface area contributed by atoms with Crippen molar-refractivity contribution < 1.29 is 28.7 Å². The quantitative estimate of drug-likeness (QED) is 0.514. The number of likely N-dealkylation sites (tertiary alicyclic amines) is 1. The average Bonchev–Trinajstić information content (AvgIpc) is 3.25. The Morgan fingerprint density at radius 3 is 2.52 bits per heavy atom. The van der Waals surface area contributed by atoms with E-state index in [1.54, 1.807) is 25.7 Å². The van der Waals surface area contributed by atoms with Gasteiger partial charge in [-0.3, -0.25) is 14.4 Å². The number of hydrogen-bond acceptors (Lipinski definition) is 6. The summed E-state index contributed by atoms with van der Waals surface area (Å²) in [5.41, 5.74) is 2.48. The molecular weight excluding hydrogens is 400 g/mol. The van der Waals surface area contributed by atoms with Gasteiger partial charge in [0, 0.05) is 25.2 Å². The lowest BCUT2D eigenvalue weighted by atomic mass is 10.1. The first-order valence-corrected chi connectivity index (χ1v) is 10.2. The Bertz CT molecular complexity index is 995. The zero-order chi connectivity index (χ0) is 22.5. The molecule has 0 aliphatic carbocycles. The standard InChI is InChI=1S/C23H26N2O6/c1-4-30-23(29)20-14(2)21(24-15(20)3)18(26)13-31-22(28)17-10-19(27)25(12-17)11-16-8-6-5-7-9-16/h5-9,17,24H,4,10-13H2,1-3H3/t17-/m0/s1. The van der Waals surface area contributed by atoms with Crippen molar-refractivity contribution in [1.29, 1.82) is 0 Å². The summed E-state index contributed by atoms with van der Waals surface area (Å²) < 4.78 is 10.2. The molecule has 1 aliphatic rings. The molecule has 8 heteroatoms. The van der Waals surface area contributed by atoms with E-state index in [2.05, 4.69) is 4.98 Å². The summed E-state index contributed by atoms with van der Waals surface area (Å²) in [4.78, 5) is 53.8. The number of nitrogens with zero attached hydrogens (tertiary/aromatic N) is 1. The van der Waals surface area contributed by atoms with Crippen LogP contribution >= 0.6 is 0 Å². The van der Waals surface area contributed by atoms with Gasteiger partial charge in [-0.15, -0.1) is 0 Å². The number of ether oxygens (including phenoxy) is 2. The lowest BCUT2D eigenvalue weighted by Crippen LogP contribution is -2.27. The van der Waals surface area contributed by atoms with E-state index in [1.165, 1.54) is 0 Å². The van der Waals surface area contributed by atoms with Crippen LogP contribution in [0.25, 0.3) is 0 Å². The Hall–Kier alpha value is -3.42. The van der Waals surface area contributed by atoms with Crippen molar-refractivity contribution in [3.05, 3.63) is 58.4 Å². The fourth-order valence-electron chi connectivity index (χ4n) is 3.75. The molecule has 1 atom stereocenters. The molecule has 1 aromatic heterocycles. The lowest BCUT2D eigenvalue weighted by Gasteiger charge is -2.16. The maximum atomic E-state index is 12.6. The van der Waals surface area contributed by atoms with Crippen LogP contribution in [-0.4, -0.2) is 53.3 Å². The molecule has 1 N–H and O–H groups in total. The zero-order valence-corrected chi connectivity index (χ0v) is 17.9. The van der Waals surface area contributed by atoms with Crippen molar-refractivity contribution in [3.63, 3.8) is 0 Å². The van der Waals surface area contributed by atoms with Gasteiger partial charge in [0.2, 0.25) is 11.7 Å². The summed E-state index contributed by atoms with van der Waals surface area (Å²) in [6.45, 7) is 5.47. The molecule has 1 amide bonds. The molecular formula is C23H26N2O6. The third-order valence-electron chi connectivity index (χ3n) is 5.31. The van der Waals surface area contributed by atoms with E-state index in [-0.39, 0.29) is 31.2 Å². The van der Waals surface area contributed by atoms with Crippen molar-refractivity contribution in [2.45, 2.75) is 33.7 Å². The van der Waals surface area contributed by atoms with Crippen LogP contribution in [0.4, 0.5) is 0 Å². The Morgan fingerprint density at radius 1 is 1.13 bits per heavy atom. The predicted octanol–water partition coefficient (Wildman–Crippen LogP) is 2.58. The first-order valence-electron chi connectivity index (χ1n) is 10.2. The minimum absolute atomic E-state index is 0.0630. The molecule has 0 spiro atoms. The number of H-pyrrole nitrogens is 1. The second-order valence-corrected chi connectivity index (χ2v) is 7.54. The molecule has 1 aliphatic heterocycles. The lowest BCUT2D eigenvalue weighted by molar-refractivity contribution is -0.147. The molecule has 0 radical (unpaired) electrons. The van der Waals surface area contributed by atoms with Gasteiger partial charge in [-0.25, -0.2) is 4.79 Å². The molecule has 0 unspecified atom stereocenters. The fraction of sp³-hybridized carbons (Fsp3) is 0.391. The number of aromatic amines is 1. The van der Waals surface area contributed by atoms with Gasteiger partial charge >= 0.3 is 11.9 Å². The molecule has 1 saturated heterocycles. The van der Waals surface area contributed by atoms with E-state index in [4.69, 9.17) is 9.47 Å².